The van der Waals surface area contributed by atoms with Crippen LogP contribution < -0.4 is 0 Å². The van der Waals surface area contributed by atoms with E-state index in [1.807, 2.05) is 25.1 Å². The lowest BCUT2D eigenvalue weighted by molar-refractivity contribution is 0.0698. The molecule has 1 aromatic carbocycles. The van der Waals surface area contributed by atoms with Crippen LogP contribution >= 0.6 is 11.3 Å². The number of aryl methyl sites for hydroxylation is 3. The highest BCUT2D eigenvalue weighted by molar-refractivity contribution is 7.91. The van der Waals surface area contributed by atoms with E-state index in [0.717, 1.165) is 23.3 Å². The van der Waals surface area contributed by atoms with Crippen molar-refractivity contribution in [3.8, 4) is 0 Å². The molecule has 0 radical (unpaired) electrons. The monoisotopic (exact) mass is 404 g/mol. The summed E-state index contributed by atoms with van der Waals surface area (Å²) in [6, 6.07) is 9.54. The van der Waals surface area contributed by atoms with Crippen LogP contribution in [0.1, 0.15) is 39.2 Å². The highest BCUT2D eigenvalue weighted by Gasteiger charge is 2.31. The Bertz CT molecular complexity index is 957. The normalized spacial score (nSPS) is 18.3. The fourth-order valence-corrected chi connectivity index (χ4v) is 6.72. The number of nitrogens with zero attached hydrogens (tertiary/aromatic N) is 2. The van der Waals surface area contributed by atoms with Crippen LogP contribution in [0.5, 0.6) is 0 Å². The molecule has 5 nitrogen and oxygen atoms in total. The first-order valence-electron chi connectivity index (χ1n) is 9.43. The van der Waals surface area contributed by atoms with Crippen LogP contribution in [0.25, 0.3) is 0 Å². The summed E-state index contributed by atoms with van der Waals surface area (Å²) in [6.07, 6.45) is 4.55. The van der Waals surface area contributed by atoms with E-state index in [4.69, 9.17) is 0 Å². The maximum Gasteiger partial charge on any atom is 0.253 e. The minimum absolute atomic E-state index is 0.00684. The molecule has 1 amide bonds. The van der Waals surface area contributed by atoms with Gasteiger partial charge < -0.3 is 4.90 Å². The number of carbonyl (C=O) groups is 1. The first-order chi connectivity index (χ1) is 12.9. The molecule has 2 aliphatic rings. The van der Waals surface area contributed by atoms with E-state index in [-0.39, 0.29) is 5.91 Å². The van der Waals surface area contributed by atoms with Gasteiger partial charge >= 0.3 is 0 Å². The lowest BCUT2D eigenvalue weighted by Gasteiger charge is -2.34. The Morgan fingerprint density at radius 1 is 0.963 bits per heavy atom. The smallest absolute Gasteiger partial charge is 0.253 e. The average molecular weight is 405 g/mol. The number of sulfonamides is 1. The van der Waals surface area contributed by atoms with E-state index in [1.165, 1.54) is 39.6 Å². The Labute approximate surface area is 164 Å². The Morgan fingerprint density at radius 3 is 2.33 bits per heavy atom. The number of carbonyl (C=O) groups excluding carboxylic acids is 1. The number of amides is 1. The van der Waals surface area contributed by atoms with Gasteiger partial charge in [0.25, 0.3) is 15.9 Å². The summed E-state index contributed by atoms with van der Waals surface area (Å²) in [4.78, 5) is 15.6. The van der Waals surface area contributed by atoms with Gasteiger partial charge in [-0.3, -0.25) is 4.79 Å². The predicted octanol–water partition coefficient (Wildman–Crippen LogP) is 3.08. The summed E-state index contributed by atoms with van der Waals surface area (Å²) >= 11 is 1.30. The first-order valence-corrected chi connectivity index (χ1v) is 11.7. The van der Waals surface area contributed by atoms with Gasteiger partial charge in [0.15, 0.2) is 0 Å². The molecule has 0 spiro atoms. The third-order valence-electron chi connectivity index (χ3n) is 5.43. The molecule has 0 N–H and O–H groups in total. The summed E-state index contributed by atoms with van der Waals surface area (Å²) < 4.78 is 27.4. The number of thiophene rings is 1. The van der Waals surface area contributed by atoms with Crippen LogP contribution in [0.2, 0.25) is 0 Å². The molecule has 27 heavy (non-hydrogen) atoms. The van der Waals surface area contributed by atoms with E-state index in [2.05, 4.69) is 6.07 Å². The molecule has 144 valence electrons. The van der Waals surface area contributed by atoms with Crippen LogP contribution in [0.3, 0.4) is 0 Å². The van der Waals surface area contributed by atoms with Crippen LogP contribution in [0, 0.1) is 6.92 Å². The number of fused-ring (bicyclic) bond motifs is 1. The second-order valence-electron chi connectivity index (χ2n) is 7.25. The van der Waals surface area contributed by atoms with Crippen LogP contribution in [0.4, 0.5) is 0 Å². The van der Waals surface area contributed by atoms with Gasteiger partial charge in [-0.15, -0.1) is 11.3 Å². The van der Waals surface area contributed by atoms with Crippen molar-refractivity contribution in [2.24, 2.45) is 0 Å². The second-order valence-corrected chi connectivity index (χ2v) is 10.7. The Kier molecular flexibility index (Phi) is 5.09. The topological polar surface area (TPSA) is 57.7 Å². The Hall–Kier alpha value is -1.70. The molecule has 0 unspecified atom stereocenters. The quantitative estimate of drug-likeness (QED) is 0.790. The van der Waals surface area contributed by atoms with Gasteiger partial charge in [-0.05, 0) is 68.0 Å². The first kappa shape index (κ1) is 18.7. The molecule has 1 aliphatic heterocycles. The van der Waals surface area contributed by atoms with Crippen molar-refractivity contribution in [3.05, 3.63) is 51.9 Å². The Morgan fingerprint density at radius 2 is 1.67 bits per heavy atom. The largest absolute Gasteiger partial charge is 0.336 e. The van der Waals surface area contributed by atoms with E-state index in [0.29, 0.717) is 30.4 Å². The van der Waals surface area contributed by atoms with Gasteiger partial charge in [0, 0.05) is 36.6 Å². The highest BCUT2D eigenvalue weighted by Crippen LogP contribution is 2.26. The zero-order chi connectivity index (χ0) is 19.0. The number of piperazine rings is 1. The van der Waals surface area contributed by atoms with Gasteiger partial charge in [0.2, 0.25) is 0 Å². The molecule has 1 fully saturated rings. The summed E-state index contributed by atoms with van der Waals surface area (Å²) in [5.74, 6) is 0.00684. The van der Waals surface area contributed by atoms with Crippen molar-refractivity contribution in [1.29, 1.82) is 0 Å². The Balaban J connectivity index is 1.44. The zero-order valence-corrected chi connectivity index (χ0v) is 17.1. The van der Waals surface area contributed by atoms with Crippen molar-refractivity contribution in [2.45, 2.75) is 36.8 Å². The predicted molar refractivity (Wildman–Crippen MR) is 107 cm³/mol. The number of rotatable bonds is 3. The van der Waals surface area contributed by atoms with Crippen molar-refractivity contribution < 1.29 is 13.2 Å². The molecular formula is C20H24N2O3S2. The minimum atomic E-state index is -3.45. The highest BCUT2D eigenvalue weighted by atomic mass is 32.2. The molecule has 0 atom stereocenters. The van der Waals surface area contributed by atoms with Crippen molar-refractivity contribution in [3.63, 3.8) is 0 Å². The van der Waals surface area contributed by atoms with E-state index in [1.54, 1.807) is 11.0 Å². The molecule has 1 aliphatic carbocycles. The molecule has 2 aromatic rings. The maximum absolute atomic E-state index is 12.9. The zero-order valence-electron chi connectivity index (χ0n) is 15.5. The van der Waals surface area contributed by atoms with Gasteiger partial charge in [0.05, 0.1) is 0 Å². The molecule has 0 bridgehead atoms. The van der Waals surface area contributed by atoms with Gasteiger partial charge in [-0.25, -0.2) is 8.42 Å². The summed E-state index contributed by atoms with van der Waals surface area (Å²) in [6.45, 7) is 3.45. The molecule has 7 heteroatoms. The second kappa shape index (κ2) is 7.37. The fraction of sp³-hybridized carbons (Fsp3) is 0.450. The van der Waals surface area contributed by atoms with E-state index < -0.39 is 10.0 Å². The van der Waals surface area contributed by atoms with Crippen molar-refractivity contribution >= 4 is 27.3 Å². The van der Waals surface area contributed by atoms with Gasteiger partial charge in [-0.2, -0.15) is 4.31 Å². The van der Waals surface area contributed by atoms with Gasteiger partial charge in [0.1, 0.15) is 4.21 Å². The lowest BCUT2D eigenvalue weighted by atomic mass is 9.90. The summed E-state index contributed by atoms with van der Waals surface area (Å²) in [5.41, 5.74) is 3.38. The maximum atomic E-state index is 12.9. The number of hydrogen-bond donors (Lipinski definition) is 0. The van der Waals surface area contributed by atoms with E-state index in [9.17, 15) is 13.2 Å². The SMILES string of the molecule is Cc1ccc(S(=O)(=O)N2CCN(C(=O)c3ccc4c(c3)CCCC4)CC2)s1. The average Bonchev–Trinajstić information content (AvgIpc) is 3.14. The third-order valence-corrected chi connectivity index (χ3v) is 8.80. The summed E-state index contributed by atoms with van der Waals surface area (Å²) in [5, 5.41) is 0. The summed E-state index contributed by atoms with van der Waals surface area (Å²) in [7, 11) is -3.45. The minimum Gasteiger partial charge on any atom is -0.336 e. The van der Waals surface area contributed by atoms with Gasteiger partial charge in [-0.1, -0.05) is 6.07 Å². The molecule has 1 saturated heterocycles. The molecule has 0 saturated carbocycles. The third kappa shape index (κ3) is 3.68. The van der Waals surface area contributed by atoms with Crippen LogP contribution in [-0.2, 0) is 22.9 Å². The molecule has 1 aromatic heterocycles. The lowest BCUT2D eigenvalue weighted by Crippen LogP contribution is -2.50. The molecular weight excluding hydrogens is 380 g/mol. The number of hydrogen-bond acceptors (Lipinski definition) is 4. The molecule has 4 rings (SSSR count). The van der Waals surface area contributed by atoms with Crippen molar-refractivity contribution in [1.82, 2.24) is 9.21 Å². The standard InChI is InChI=1S/C20H24N2O3S2/c1-15-6-9-19(26-15)27(24,25)22-12-10-21(11-13-22)20(23)18-8-7-16-4-2-3-5-17(16)14-18/h6-9,14H,2-5,10-13H2,1H3. The van der Waals surface area contributed by atoms with Crippen LogP contribution in [0.15, 0.2) is 34.5 Å². The fourth-order valence-electron chi connectivity index (χ4n) is 3.86. The van der Waals surface area contributed by atoms with E-state index >= 15 is 0 Å². The molecule has 2 heterocycles. The van der Waals surface area contributed by atoms with Crippen LogP contribution in [-0.4, -0.2) is 49.7 Å². The van der Waals surface area contributed by atoms with Crippen molar-refractivity contribution in [2.75, 3.05) is 26.2 Å². The number of benzene rings is 1.